The number of hydrogen-bond acceptors (Lipinski definition) is 7. The summed E-state index contributed by atoms with van der Waals surface area (Å²) in [5.41, 5.74) is 5.35. The lowest BCUT2D eigenvalue weighted by Crippen LogP contribution is -2.47. The molecule has 0 radical (unpaired) electrons. The maximum absolute atomic E-state index is 9.70. The number of ether oxygens (including phenoxy) is 1. The molecular formula is C12H16N4O2S. The lowest BCUT2D eigenvalue weighted by Gasteiger charge is -2.36. The molecule has 2 aromatic heterocycles. The van der Waals surface area contributed by atoms with Crippen LogP contribution in [0.15, 0.2) is 11.4 Å². The molecule has 102 valence electrons. The second-order valence-corrected chi connectivity index (χ2v) is 5.64. The van der Waals surface area contributed by atoms with Crippen LogP contribution in [-0.4, -0.2) is 40.4 Å². The van der Waals surface area contributed by atoms with Crippen LogP contribution in [0.2, 0.25) is 0 Å². The standard InChI is InChI=1S/C12H16N4O2S/c13-11-14-9(8-1-6-19-10(8)15-11)16-12(7-17)2-4-18-5-3-12/h1,6,17H,2-5,7H2,(H3,13,14,15,16). The number of aliphatic hydroxyl groups is 1. The van der Waals surface area contributed by atoms with Gasteiger partial charge in [-0.25, -0.2) is 4.98 Å². The van der Waals surface area contributed by atoms with Gasteiger partial charge in [-0.3, -0.25) is 0 Å². The van der Waals surface area contributed by atoms with Crippen molar-refractivity contribution in [3.63, 3.8) is 0 Å². The minimum absolute atomic E-state index is 0.0475. The van der Waals surface area contributed by atoms with Crippen molar-refractivity contribution in [1.82, 2.24) is 9.97 Å². The monoisotopic (exact) mass is 280 g/mol. The Kier molecular flexibility index (Phi) is 3.26. The van der Waals surface area contributed by atoms with Gasteiger partial charge < -0.3 is 20.9 Å². The molecule has 0 bridgehead atoms. The zero-order valence-electron chi connectivity index (χ0n) is 10.4. The first-order valence-electron chi connectivity index (χ1n) is 6.20. The molecular weight excluding hydrogens is 264 g/mol. The molecule has 3 heterocycles. The Hall–Kier alpha value is -1.44. The van der Waals surface area contributed by atoms with Crippen LogP contribution < -0.4 is 11.1 Å². The van der Waals surface area contributed by atoms with E-state index >= 15 is 0 Å². The molecule has 0 spiro atoms. The Balaban J connectivity index is 1.97. The Morgan fingerprint density at radius 2 is 2.21 bits per heavy atom. The molecule has 0 unspecified atom stereocenters. The maximum Gasteiger partial charge on any atom is 0.223 e. The maximum atomic E-state index is 9.70. The molecule has 0 amide bonds. The topological polar surface area (TPSA) is 93.3 Å². The van der Waals surface area contributed by atoms with Crippen molar-refractivity contribution in [2.45, 2.75) is 18.4 Å². The number of hydrogen-bond donors (Lipinski definition) is 3. The molecule has 1 aliphatic heterocycles. The predicted octanol–water partition coefficient (Wildman–Crippen LogP) is 1.23. The first kappa shape index (κ1) is 12.6. The molecule has 2 aromatic rings. The first-order chi connectivity index (χ1) is 9.22. The average Bonchev–Trinajstić information content (AvgIpc) is 2.88. The molecule has 19 heavy (non-hydrogen) atoms. The minimum atomic E-state index is -0.381. The molecule has 0 saturated carbocycles. The van der Waals surface area contributed by atoms with Crippen LogP contribution in [-0.2, 0) is 4.74 Å². The lowest BCUT2D eigenvalue weighted by molar-refractivity contribution is 0.0379. The van der Waals surface area contributed by atoms with Crippen LogP contribution in [0.4, 0.5) is 11.8 Å². The summed E-state index contributed by atoms with van der Waals surface area (Å²) in [5, 5.41) is 16.0. The van der Waals surface area contributed by atoms with E-state index < -0.39 is 0 Å². The summed E-state index contributed by atoms with van der Waals surface area (Å²) in [6.07, 6.45) is 1.50. The number of fused-ring (bicyclic) bond motifs is 1. The first-order valence-corrected chi connectivity index (χ1v) is 7.08. The Morgan fingerprint density at radius 1 is 1.42 bits per heavy atom. The number of aliphatic hydroxyl groups excluding tert-OH is 1. The zero-order valence-corrected chi connectivity index (χ0v) is 11.2. The third-order valence-electron chi connectivity index (χ3n) is 3.48. The average molecular weight is 280 g/mol. The van der Waals surface area contributed by atoms with Crippen molar-refractivity contribution < 1.29 is 9.84 Å². The summed E-state index contributed by atoms with van der Waals surface area (Å²) >= 11 is 1.53. The number of nitrogens with zero attached hydrogens (tertiary/aromatic N) is 2. The number of aromatic nitrogens is 2. The molecule has 7 heteroatoms. The van der Waals surface area contributed by atoms with Gasteiger partial charge in [0.05, 0.1) is 17.5 Å². The third kappa shape index (κ3) is 2.36. The van der Waals surface area contributed by atoms with Crippen molar-refractivity contribution in [3.8, 4) is 0 Å². The highest BCUT2D eigenvalue weighted by atomic mass is 32.1. The fourth-order valence-corrected chi connectivity index (χ4v) is 3.07. The van der Waals surface area contributed by atoms with E-state index in [1.54, 1.807) is 0 Å². The van der Waals surface area contributed by atoms with Crippen LogP contribution in [0, 0.1) is 0 Å². The summed E-state index contributed by atoms with van der Waals surface area (Å²) in [4.78, 5) is 9.32. The molecule has 0 atom stereocenters. The van der Waals surface area contributed by atoms with Crippen LogP contribution in [0.3, 0.4) is 0 Å². The number of rotatable bonds is 3. The van der Waals surface area contributed by atoms with Gasteiger partial charge in [-0.05, 0) is 24.3 Å². The second kappa shape index (κ2) is 4.92. The summed E-state index contributed by atoms with van der Waals surface area (Å²) in [6, 6.07) is 1.96. The van der Waals surface area contributed by atoms with Gasteiger partial charge in [0.2, 0.25) is 5.95 Å². The largest absolute Gasteiger partial charge is 0.394 e. The van der Waals surface area contributed by atoms with Crippen LogP contribution in [0.25, 0.3) is 10.2 Å². The van der Waals surface area contributed by atoms with E-state index in [-0.39, 0.29) is 18.1 Å². The van der Waals surface area contributed by atoms with E-state index in [9.17, 15) is 5.11 Å². The van der Waals surface area contributed by atoms with Crippen molar-refractivity contribution in [3.05, 3.63) is 11.4 Å². The third-order valence-corrected chi connectivity index (χ3v) is 4.29. The fraction of sp³-hybridized carbons (Fsp3) is 0.500. The van der Waals surface area contributed by atoms with Gasteiger partial charge in [-0.15, -0.1) is 11.3 Å². The zero-order chi connectivity index (χ0) is 13.3. The van der Waals surface area contributed by atoms with Crippen molar-refractivity contribution in [2.24, 2.45) is 0 Å². The number of thiophene rings is 1. The summed E-state index contributed by atoms with van der Waals surface area (Å²) < 4.78 is 5.35. The van der Waals surface area contributed by atoms with E-state index in [2.05, 4.69) is 15.3 Å². The van der Waals surface area contributed by atoms with Crippen molar-refractivity contribution >= 4 is 33.3 Å². The molecule has 0 aliphatic carbocycles. The highest BCUT2D eigenvalue weighted by Crippen LogP contribution is 2.31. The highest BCUT2D eigenvalue weighted by molar-refractivity contribution is 7.16. The smallest absolute Gasteiger partial charge is 0.223 e. The van der Waals surface area contributed by atoms with Crippen molar-refractivity contribution in [2.75, 3.05) is 30.9 Å². The van der Waals surface area contributed by atoms with Crippen molar-refractivity contribution in [1.29, 1.82) is 0 Å². The van der Waals surface area contributed by atoms with E-state index in [1.807, 2.05) is 11.4 Å². The molecule has 6 nitrogen and oxygen atoms in total. The van der Waals surface area contributed by atoms with E-state index in [0.29, 0.717) is 19.0 Å². The second-order valence-electron chi connectivity index (χ2n) is 4.75. The van der Waals surface area contributed by atoms with Gasteiger partial charge in [0.25, 0.3) is 0 Å². The van der Waals surface area contributed by atoms with Gasteiger partial charge in [0.15, 0.2) is 0 Å². The van der Waals surface area contributed by atoms with E-state index in [0.717, 1.165) is 23.1 Å². The fourth-order valence-electron chi connectivity index (χ4n) is 2.30. The normalized spacial score (nSPS) is 18.6. The SMILES string of the molecule is Nc1nc(NC2(CO)CCOCC2)c2ccsc2n1. The van der Waals surface area contributed by atoms with Crippen LogP contribution >= 0.6 is 11.3 Å². The predicted molar refractivity (Wildman–Crippen MR) is 75.3 cm³/mol. The molecule has 1 aliphatic rings. The van der Waals surface area contributed by atoms with E-state index in [4.69, 9.17) is 10.5 Å². The molecule has 0 aromatic carbocycles. The van der Waals surface area contributed by atoms with E-state index in [1.165, 1.54) is 11.3 Å². The number of nitrogen functional groups attached to an aromatic ring is 1. The molecule has 3 rings (SSSR count). The highest BCUT2D eigenvalue weighted by Gasteiger charge is 2.32. The number of anilines is 2. The Morgan fingerprint density at radius 3 is 2.95 bits per heavy atom. The van der Waals surface area contributed by atoms with Gasteiger partial charge in [0, 0.05) is 13.2 Å². The van der Waals surface area contributed by atoms with Crippen LogP contribution in [0.5, 0.6) is 0 Å². The molecule has 1 saturated heterocycles. The van der Waals surface area contributed by atoms with Gasteiger partial charge >= 0.3 is 0 Å². The molecule has 4 N–H and O–H groups in total. The minimum Gasteiger partial charge on any atom is -0.394 e. The quantitative estimate of drug-likeness (QED) is 0.783. The van der Waals surface area contributed by atoms with Gasteiger partial charge in [-0.2, -0.15) is 4.98 Å². The summed E-state index contributed by atoms with van der Waals surface area (Å²) in [7, 11) is 0. The van der Waals surface area contributed by atoms with Gasteiger partial charge in [0.1, 0.15) is 10.6 Å². The van der Waals surface area contributed by atoms with Crippen LogP contribution in [0.1, 0.15) is 12.8 Å². The number of nitrogens with one attached hydrogen (secondary N) is 1. The summed E-state index contributed by atoms with van der Waals surface area (Å²) in [6.45, 7) is 1.33. The molecule has 1 fully saturated rings. The Labute approximate surface area is 114 Å². The summed E-state index contributed by atoms with van der Waals surface area (Å²) in [5.74, 6) is 0.942. The Bertz CT molecular complexity index is 580. The lowest BCUT2D eigenvalue weighted by atomic mass is 9.91. The number of nitrogens with two attached hydrogens (primary N) is 1. The van der Waals surface area contributed by atoms with Gasteiger partial charge in [-0.1, -0.05) is 0 Å².